The fraction of sp³-hybridized carbons (Fsp3) is 0.538. The summed E-state index contributed by atoms with van der Waals surface area (Å²) in [5, 5.41) is 0.322. The van der Waals surface area contributed by atoms with Gasteiger partial charge in [-0.1, -0.05) is 37.3 Å². The van der Waals surface area contributed by atoms with Crippen molar-refractivity contribution in [1.82, 2.24) is 4.90 Å². The average Bonchev–Trinajstić information content (AvgIpc) is 2.25. The van der Waals surface area contributed by atoms with Crippen molar-refractivity contribution in [3.05, 3.63) is 35.9 Å². The van der Waals surface area contributed by atoms with Gasteiger partial charge < -0.3 is 0 Å². The lowest BCUT2D eigenvalue weighted by atomic mass is 9.98. The second-order valence-electron chi connectivity index (χ2n) is 4.50. The molecule has 2 heteroatoms. The van der Waals surface area contributed by atoms with Crippen LogP contribution in [-0.4, -0.2) is 23.4 Å². The van der Waals surface area contributed by atoms with Crippen LogP contribution in [0.3, 0.4) is 0 Å². The van der Waals surface area contributed by atoms with E-state index in [0.717, 1.165) is 13.1 Å². The first kappa shape index (κ1) is 11.0. The molecule has 0 amide bonds. The molecule has 1 heterocycles. The Morgan fingerprint density at radius 2 is 2.07 bits per heavy atom. The van der Waals surface area contributed by atoms with Gasteiger partial charge in [0.15, 0.2) is 0 Å². The van der Waals surface area contributed by atoms with Crippen LogP contribution < -0.4 is 0 Å². The third kappa shape index (κ3) is 2.96. The van der Waals surface area contributed by atoms with Crippen LogP contribution in [0.4, 0.5) is 0 Å². The van der Waals surface area contributed by atoms with E-state index in [1.807, 2.05) is 0 Å². The second-order valence-corrected chi connectivity index (χ2v) is 5.06. The zero-order chi connectivity index (χ0) is 10.7. The first-order valence-electron chi connectivity index (χ1n) is 5.66. The van der Waals surface area contributed by atoms with Gasteiger partial charge in [0.2, 0.25) is 0 Å². The normalized spacial score (nSPS) is 27.9. The summed E-state index contributed by atoms with van der Waals surface area (Å²) in [6.45, 7) is 5.49. The minimum atomic E-state index is 0.322. The van der Waals surface area contributed by atoms with Crippen molar-refractivity contribution >= 4 is 11.6 Å². The maximum Gasteiger partial charge on any atom is 0.0489 e. The number of benzene rings is 1. The Kier molecular flexibility index (Phi) is 3.66. The number of nitrogens with zero attached hydrogens (tertiary/aromatic N) is 1. The smallest absolute Gasteiger partial charge is 0.0489 e. The molecule has 1 nitrogen and oxygen atoms in total. The van der Waals surface area contributed by atoms with Crippen molar-refractivity contribution < 1.29 is 0 Å². The predicted molar refractivity (Wildman–Crippen MR) is 65.1 cm³/mol. The lowest BCUT2D eigenvalue weighted by molar-refractivity contribution is 0.189. The van der Waals surface area contributed by atoms with Crippen LogP contribution in [0.2, 0.25) is 0 Å². The quantitative estimate of drug-likeness (QED) is 0.697. The van der Waals surface area contributed by atoms with Gasteiger partial charge in [0.1, 0.15) is 0 Å². The third-order valence-corrected chi connectivity index (χ3v) is 3.77. The van der Waals surface area contributed by atoms with E-state index in [1.54, 1.807) is 0 Å². The first-order chi connectivity index (χ1) is 7.25. The highest BCUT2D eigenvalue weighted by Crippen LogP contribution is 2.22. The van der Waals surface area contributed by atoms with E-state index >= 15 is 0 Å². The highest BCUT2D eigenvalue weighted by molar-refractivity contribution is 6.21. The van der Waals surface area contributed by atoms with E-state index in [0.29, 0.717) is 11.3 Å². The summed E-state index contributed by atoms with van der Waals surface area (Å²) in [6, 6.07) is 10.6. The highest BCUT2D eigenvalue weighted by atomic mass is 35.5. The Morgan fingerprint density at radius 1 is 1.33 bits per heavy atom. The largest absolute Gasteiger partial charge is 0.298 e. The Balaban J connectivity index is 1.91. The molecule has 0 aliphatic carbocycles. The van der Waals surface area contributed by atoms with Gasteiger partial charge in [0, 0.05) is 18.5 Å². The molecule has 15 heavy (non-hydrogen) atoms. The van der Waals surface area contributed by atoms with Gasteiger partial charge in [-0.2, -0.15) is 0 Å². The molecule has 1 aromatic rings. The summed E-state index contributed by atoms with van der Waals surface area (Å²) in [7, 11) is 0. The molecule has 2 atom stereocenters. The van der Waals surface area contributed by atoms with Crippen LogP contribution in [-0.2, 0) is 6.54 Å². The summed E-state index contributed by atoms with van der Waals surface area (Å²) in [5.74, 6) is 0.665. The molecular weight excluding hydrogens is 206 g/mol. The van der Waals surface area contributed by atoms with E-state index in [2.05, 4.69) is 42.2 Å². The molecule has 1 aromatic carbocycles. The summed E-state index contributed by atoms with van der Waals surface area (Å²) in [5.41, 5.74) is 1.39. The number of likely N-dealkylation sites (tertiary alicyclic amines) is 1. The summed E-state index contributed by atoms with van der Waals surface area (Å²) >= 11 is 6.29. The monoisotopic (exact) mass is 223 g/mol. The SMILES string of the molecule is CC1CCN(Cc2ccccc2)CC1Cl. The van der Waals surface area contributed by atoms with Crippen molar-refractivity contribution in [3.63, 3.8) is 0 Å². The predicted octanol–water partition coefficient (Wildman–Crippen LogP) is 3.14. The Hall–Kier alpha value is -0.530. The Morgan fingerprint density at radius 3 is 2.73 bits per heavy atom. The fourth-order valence-electron chi connectivity index (χ4n) is 2.07. The number of hydrogen-bond acceptors (Lipinski definition) is 1. The van der Waals surface area contributed by atoms with Crippen LogP contribution >= 0.6 is 11.6 Å². The molecule has 2 rings (SSSR count). The maximum absolute atomic E-state index is 6.29. The highest BCUT2D eigenvalue weighted by Gasteiger charge is 2.23. The molecule has 2 unspecified atom stereocenters. The molecule has 82 valence electrons. The summed E-state index contributed by atoms with van der Waals surface area (Å²) in [6.07, 6.45) is 1.22. The van der Waals surface area contributed by atoms with Crippen LogP contribution in [0.25, 0.3) is 0 Å². The Labute approximate surface area is 97.0 Å². The molecule has 1 fully saturated rings. The molecule has 0 N–H and O–H groups in total. The van der Waals surface area contributed by atoms with Crippen LogP contribution in [0.15, 0.2) is 30.3 Å². The first-order valence-corrected chi connectivity index (χ1v) is 6.09. The third-order valence-electron chi connectivity index (χ3n) is 3.20. The molecule has 0 spiro atoms. The maximum atomic E-state index is 6.29. The van der Waals surface area contributed by atoms with Crippen LogP contribution in [0.5, 0.6) is 0 Å². The van der Waals surface area contributed by atoms with Gasteiger partial charge in [0.25, 0.3) is 0 Å². The molecule has 1 aliphatic heterocycles. The molecule has 1 aliphatic rings. The molecular formula is C13H18ClN. The van der Waals surface area contributed by atoms with Crippen molar-refractivity contribution in [1.29, 1.82) is 0 Å². The lowest BCUT2D eigenvalue weighted by Crippen LogP contribution is -2.39. The van der Waals surface area contributed by atoms with Crippen LogP contribution in [0, 0.1) is 5.92 Å². The number of halogens is 1. The van der Waals surface area contributed by atoms with E-state index < -0.39 is 0 Å². The minimum absolute atomic E-state index is 0.322. The molecule has 0 bridgehead atoms. The molecule has 1 saturated heterocycles. The number of rotatable bonds is 2. The Bertz CT molecular complexity index is 299. The van der Waals surface area contributed by atoms with Crippen molar-refractivity contribution in [2.45, 2.75) is 25.3 Å². The van der Waals surface area contributed by atoms with E-state index in [1.165, 1.54) is 18.5 Å². The summed E-state index contributed by atoms with van der Waals surface area (Å²) in [4.78, 5) is 2.45. The van der Waals surface area contributed by atoms with Crippen LogP contribution in [0.1, 0.15) is 18.9 Å². The molecule has 0 saturated carbocycles. The van der Waals surface area contributed by atoms with Gasteiger partial charge in [-0.3, -0.25) is 4.90 Å². The minimum Gasteiger partial charge on any atom is -0.298 e. The van der Waals surface area contributed by atoms with Gasteiger partial charge >= 0.3 is 0 Å². The average molecular weight is 224 g/mol. The lowest BCUT2D eigenvalue weighted by Gasteiger charge is -2.33. The fourth-order valence-corrected chi connectivity index (χ4v) is 2.39. The molecule has 0 aromatic heterocycles. The zero-order valence-corrected chi connectivity index (χ0v) is 9.95. The number of alkyl halides is 1. The van der Waals surface area contributed by atoms with E-state index in [4.69, 9.17) is 11.6 Å². The van der Waals surface area contributed by atoms with Crippen molar-refractivity contribution in [2.75, 3.05) is 13.1 Å². The number of piperidine rings is 1. The summed E-state index contributed by atoms with van der Waals surface area (Å²) < 4.78 is 0. The molecule has 0 radical (unpaired) electrons. The van der Waals surface area contributed by atoms with Gasteiger partial charge in [-0.25, -0.2) is 0 Å². The van der Waals surface area contributed by atoms with Gasteiger partial charge in [-0.05, 0) is 24.4 Å². The van der Waals surface area contributed by atoms with Gasteiger partial charge in [-0.15, -0.1) is 11.6 Å². The second kappa shape index (κ2) is 5.00. The topological polar surface area (TPSA) is 3.24 Å². The van der Waals surface area contributed by atoms with E-state index in [-0.39, 0.29) is 0 Å². The van der Waals surface area contributed by atoms with Gasteiger partial charge in [0.05, 0.1) is 0 Å². The van der Waals surface area contributed by atoms with Crippen molar-refractivity contribution in [2.24, 2.45) is 5.92 Å². The number of hydrogen-bond donors (Lipinski definition) is 0. The van der Waals surface area contributed by atoms with E-state index in [9.17, 15) is 0 Å². The standard InChI is InChI=1S/C13H18ClN/c1-11-7-8-15(10-13(11)14)9-12-5-3-2-4-6-12/h2-6,11,13H,7-10H2,1H3. The zero-order valence-electron chi connectivity index (χ0n) is 9.20. The van der Waals surface area contributed by atoms with Crippen molar-refractivity contribution in [3.8, 4) is 0 Å².